The van der Waals surface area contributed by atoms with Gasteiger partial charge in [-0.05, 0) is 50.9 Å². The lowest BCUT2D eigenvalue weighted by Gasteiger charge is -2.45. The highest BCUT2D eigenvalue weighted by molar-refractivity contribution is 5.51. The summed E-state index contributed by atoms with van der Waals surface area (Å²) in [7, 11) is 0. The molecule has 0 spiro atoms. The highest BCUT2D eigenvalue weighted by Gasteiger charge is 2.28. The van der Waals surface area contributed by atoms with Gasteiger partial charge >= 0.3 is 0 Å². The second-order valence-electron chi connectivity index (χ2n) is 6.95. The van der Waals surface area contributed by atoms with Gasteiger partial charge in [0, 0.05) is 36.9 Å². The van der Waals surface area contributed by atoms with Gasteiger partial charge in [-0.25, -0.2) is 0 Å². The molecule has 2 atom stereocenters. The first-order valence-corrected chi connectivity index (χ1v) is 8.97. The zero-order chi connectivity index (χ0) is 16.9. The molecule has 1 aliphatic rings. The molecule has 2 aromatic rings. The van der Waals surface area contributed by atoms with Crippen LogP contribution in [0.4, 0.5) is 5.69 Å². The molecule has 1 heterocycles. The Kier molecular flexibility index (Phi) is 5.41. The maximum atomic E-state index is 9.74. The minimum atomic E-state index is 0.345. The molecule has 24 heavy (non-hydrogen) atoms. The summed E-state index contributed by atoms with van der Waals surface area (Å²) < 4.78 is 0. The lowest BCUT2D eigenvalue weighted by Crippen LogP contribution is -2.56. The predicted octanol–water partition coefficient (Wildman–Crippen LogP) is 3.92. The molecule has 0 amide bonds. The van der Waals surface area contributed by atoms with Crippen LogP contribution in [-0.2, 0) is 6.42 Å². The van der Waals surface area contributed by atoms with Gasteiger partial charge in [-0.1, -0.05) is 36.4 Å². The van der Waals surface area contributed by atoms with E-state index in [1.165, 1.54) is 12.0 Å². The summed E-state index contributed by atoms with van der Waals surface area (Å²) in [4.78, 5) is 5.02. The fourth-order valence-electron chi connectivity index (χ4n) is 3.67. The maximum Gasteiger partial charge on any atom is 0.117 e. The summed E-state index contributed by atoms with van der Waals surface area (Å²) in [5.41, 5.74) is 2.55. The largest absolute Gasteiger partial charge is 0.508 e. The van der Waals surface area contributed by atoms with E-state index in [1.54, 1.807) is 6.07 Å². The summed E-state index contributed by atoms with van der Waals surface area (Å²) in [5.74, 6) is 0.345. The number of benzene rings is 2. The van der Waals surface area contributed by atoms with E-state index in [-0.39, 0.29) is 0 Å². The van der Waals surface area contributed by atoms with E-state index >= 15 is 0 Å². The van der Waals surface area contributed by atoms with Crippen LogP contribution in [0.25, 0.3) is 0 Å². The van der Waals surface area contributed by atoms with Crippen LogP contribution >= 0.6 is 0 Å². The summed E-state index contributed by atoms with van der Waals surface area (Å²) in [5, 5.41) is 9.74. The van der Waals surface area contributed by atoms with E-state index in [0.717, 1.165) is 31.7 Å². The molecule has 0 bridgehead atoms. The van der Waals surface area contributed by atoms with Crippen molar-refractivity contribution in [3.8, 4) is 5.75 Å². The third-order valence-electron chi connectivity index (χ3n) is 5.03. The average molecular weight is 324 g/mol. The van der Waals surface area contributed by atoms with Crippen LogP contribution in [-0.4, -0.2) is 41.7 Å². The molecule has 0 aliphatic carbocycles. The first-order valence-electron chi connectivity index (χ1n) is 8.97. The van der Waals surface area contributed by atoms with Crippen LogP contribution in [0, 0.1) is 0 Å². The molecule has 0 unspecified atom stereocenters. The number of phenolic OH excluding ortho intramolecular Hbond substituents is 1. The number of phenols is 1. The van der Waals surface area contributed by atoms with Crippen LogP contribution in [0.15, 0.2) is 54.6 Å². The number of hydrogen-bond donors (Lipinski definition) is 1. The number of aryl methyl sites for hydroxylation is 1. The van der Waals surface area contributed by atoms with Gasteiger partial charge in [-0.15, -0.1) is 0 Å². The number of anilines is 1. The van der Waals surface area contributed by atoms with Crippen LogP contribution in [0.1, 0.15) is 25.8 Å². The van der Waals surface area contributed by atoms with Crippen molar-refractivity contribution in [3.63, 3.8) is 0 Å². The maximum absolute atomic E-state index is 9.74. The number of rotatable bonds is 5. The normalized spacial score (nSPS) is 21.8. The number of nitrogens with zero attached hydrogens (tertiary/aromatic N) is 2. The molecule has 2 aromatic carbocycles. The van der Waals surface area contributed by atoms with Crippen LogP contribution in [0.3, 0.4) is 0 Å². The fourth-order valence-corrected chi connectivity index (χ4v) is 3.67. The van der Waals surface area contributed by atoms with Crippen molar-refractivity contribution >= 4 is 5.69 Å². The molecule has 0 radical (unpaired) electrons. The first-order chi connectivity index (χ1) is 11.6. The van der Waals surface area contributed by atoms with Gasteiger partial charge in [-0.2, -0.15) is 0 Å². The Hall–Kier alpha value is -2.00. The molecule has 0 saturated carbocycles. The third-order valence-corrected chi connectivity index (χ3v) is 5.03. The summed E-state index contributed by atoms with van der Waals surface area (Å²) in [6, 6.07) is 19.3. The van der Waals surface area contributed by atoms with E-state index < -0.39 is 0 Å². The molecule has 1 saturated heterocycles. The molecule has 3 rings (SSSR count). The quantitative estimate of drug-likeness (QED) is 0.903. The molecule has 1 aliphatic heterocycles. The molecular weight excluding hydrogens is 296 g/mol. The Morgan fingerprint density at radius 3 is 2.50 bits per heavy atom. The topological polar surface area (TPSA) is 26.7 Å². The van der Waals surface area contributed by atoms with Gasteiger partial charge < -0.3 is 10.0 Å². The van der Waals surface area contributed by atoms with Crippen molar-refractivity contribution in [2.45, 2.75) is 38.8 Å². The third kappa shape index (κ3) is 4.09. The van der Waals surface area contributed by atoms with Gasteiger partial charge in [0.2, 0.25) is 0 Å². The van der Waals surface area contributed by atoms with Crippen molar-refractivity contribution in [2.24, 2.45) is 0 Å². The number of hydrogen-bond acceptors (Lipinski definition) is 3. The van der Waals surface area contributed by atoms with Crippen molar-refractivity contribution < 1.29 is 5.11 Å². The van der Waals surface area contributed by atoms with Crippen LogP contribution in [0.2, 0.25) is 0 Å². The van der Waals surface area contributed by atoms with E-state index in [0.29, 0.717) is 17.8 Å². The van der Waals surface area contributed by atoms with Gasteiger partial charge in [-0.3, -0.25) is 4.90 Å². The lowest BCUT2D eigenvalue weighted by molar-refractivity contribution is 0.164. The summed E-state index contributed by atoms with van der Waals surface area (Å²) in [6.07, 6.45) is 2.35. The Balaban J connectivity index is 1.55. The molecule has 1 fully saturated rings. The summed E-state index contributed by atoms with van der Waals surface area (Å²) >= 11 is 0. The van der Waals surface area contributed by atoms with Gasteiger partial charge in [0.25, 0.3) is 0 Å². The van der Waals surface area contributed by atoms with Crippen molar-refractivity contribution in [3.05, 3.63) is 60.2 Å². The SMILES string of the molecule is C[C@@H]1CN(c2cccc(O)c2)[C@H](C)CN1CCCc1ccccc1. The molecule has 128 valence electrons. The van der Waals surface area contributed by atoms with Crippen molar-refractivity contribution in [1.29, 1.82) is 0 Å². The number of aromatic hydroxyl groups is 1. The minimum absolute atomic E-state index is 0.345. The smallest absolute Gasteiger partial charge is 0.117 e. The van der Waals surface area contributed by atoms with Gasteiger partial charge in [0.1, 0.15) is 5.75 Å². The second kappa shape index (κ2) is 7.71. The molecular formula is C21H28N2O. The molecule has 3 nitrogen and oxygen atoms in total. The zero-order valence-electron chi connectivity index (χ0n) is 14.7. The molecule has 0 aromatic heterocycles. The van der Waals surface area contributed by atoms with Crippen molar-refractivity contribution in [1.82, 2.24) is 4.90 Å². The monoisotopic (exact) mass is 324 g/mol. The Bertz CT molecular complexity index is 643. The molecule has 3 heteroatoms. The average Bonchev–Trinajstić information content (AvgIpc) is 2.58. The fraction of sp³-hybridized carbons (Fsp3) is 0.429. The Labute approximate surface area is 145 Å². The standard InChI is InChI=1S/C21H28N2O/c1-17-16-23(20-11-6-12-21(24)14-20)18(2)15-22(17)13-7-10-19-8-4-3-5-9-19/h3-6,8-9,11-12,14,17-18,24H,7,10,13,15-16H2,1-2H3/t17-,18-/m1/s1. The van der Waals surface area contributed by atoms with Gasteiger partial charge in [0.15, 0.2) is 0 Å². The van der Waals surface area contributed by atoms with Gasteiger partial charge in [0.05, 0.1) is 0 Å². The van der Waals surface area contributed by atoms with Crippen LogP contribution < -0.4 is 4.90 Å². The van der Waals surface area contributed by atoms with E-state index in [4.69, 9.17) is 0 Å². The van der Waals surface area contributed by atoms with Crippen LogP contribution in [0.5, 0.6) is 5.75 Å². The first kappa shape index (κ1) is 16.8. The number of piperazine rings is 1. The Morgan fingerprint density at radius 1 is 0.958 bits per heavy atom. The lowest BCUT2D eigenvalue weighted by atomic mass is 10.0. The predicted molar refractivity (Wildman–Crippen MR) is 101 cm³/mol. The Morgan fingerprint density at radius 2 is 1.75 bits per heavy atom. The molecule has 1 N–H and O–H groups in total. The van der Waals surface area contributed by atoms with Crippen molar-refractivity contribution in [2.75, 3.05) is 24.5 Å². The summed E-state index contributed by atoms with van der Waals surface area (Å²) in [6.45, 7) is 7.82. The highest BCUT2D eigenvalue weighted by atomic mass is 16.3. The highest BCUT2D eigenvalue weighted by Crippen LogP contribution is 2.26. The minimum Gasteiger partial charge on any atom is -0.508 e. The zero-order valence-corrected chi connectivity index (χ0v) is 14.7. The van der Waals surface area contributed by atoms with E-state index in [2.05, 4.69) is 60.0 Å². The van der Waals surface area contributed by atoms with E-state index in [1.807, 2.05) is 12.1 Å². The second-order valence-corrected chi connectivity index (χ2v) is 6.95. The van der Waals surface area contributed by atoms with E-state index in [9.17, 15) is 5.11 Å².